The van der Waals surface area contributed by atoms with Crippen molar-refractivity contribution in [2.24, 2.45) is 0 Å². The molecule has 1 heterocycles. The SMILES string of the molecule is CCCCC=C(c1ccccc1)c1ccccn1. The monoisotopic (exact) mass is 237 g/mol. The van der Waals surface area contributed by atoms with E-state index in [1.54, 1.807) is 0 Å². The van der Waals surface area contributed by atoms with Gasteiger partial charge in [0.05, 0.1) is 5.69 Å². The molecule has 0 saturated carbocycles. The first-order valence-electron chi connectivity index (χ1n) is 6.59. The molecule has 0 bridgehead atoms. The standard InChI is InChI=1S/C17H19N/c1-2-3-5-12-16(15-10-6-4-7-11-15)17-13-8-9-14-18-17/h4,6-14H,2-3,5H2,1H3. The third-order valence-corrected chi connectivity index (χ3v) is 2.93. The van der Waals surface area contributed by atoms with E-state index in [1.165, 1.54) is 24.0 Å². The van der Waals surface area contributed by atoms with Crippen LogP contribution in [0.25, 0.3) is 5.57 Å². The van der Waals surface area contributed by atoms with Crippen LogP contribution < -0.4 is 0 Å². The van der Waals surface area contributed by atoms with Gasteiger partial charge in [-0.25, -0.2) is 0 Å². The smallest absolute Gasteiger partial charge is 0.0704 e. The molecule has 0 aliphatic rings. The van der Waals surface area contributed by atoms with E-state index in [0.717, 1.165) is 12.1 Å². The largest absolute Gasteiger partial charge is 0.256 e. The predicted octanol–water partition coefficient (Wildman–Crippen LogP) is 4.70. The Hall–Kier alpha value is -1.89. The van der Waals surface area contributed by atoms with E-state index in [1.807, 2.05) is 24.4 Å². The van der Waals surface area contributed by atoms with Gasteiger partial charge in [0.2, 0.25) is 0 Å². The van der Waals surface area contributed by atoms with Crippen molar-refractivity contribution in [2.45, 2.75) is 26.2 Å². The minimum atomic E-state index is 1.06. The van der Waals surface area contributed by atoms with Crippen molar-refractivity contribution in [1.29, 1.82) is 0 Å². The summed E-state index contributed by atoms with van der Waals surface area (Å²) in [4.78, 5) is 4.47. The van der Waals surface area contributed by atoms with Gasteiger partial charge in [0.15, 0.2) is 0 Å². The first-order chi connectivity index (χ1) is 8.92. The normalized spacial score (nSPS) is 11.5. The molecule has 1 aromatic carbocycles. The van der Waals surface area contributed by atoms with Gasteiger partial charge < -0.3 is 0 Å². The average molecular weight is 237 g/mol. The Balaban J connectivity index is 2.33. The molecule has 0 atom stereocenters. The van der Waals surface area contributed by atoms with Crippen molar-refractivity contribution in [1.82, 2.24) is 4.98 Å². The van der Waals surface area contributed by atoms with E-state index in [-0.39, 0.29) is 0 Å². The van der Waals surface area contributed by atoms with Crippen LogP contribution >= 0.6 is 0 Å². The molecule has 0 saturated heterocycles. The predicted molar refractivity (Wildman–Crippen MR) is 77.3 cm³/mol. The third-order valence-electron chi connectivity index (χ3n) is 2.93. The van der Waals surface area contributed by atoms with Crippen LogP contribution in [0.4, 0.5) is 0 Å². The second-order valence-electron chi connectivity index (χ2n) is 4.34. The number of hydrogen-bond acceptors (Lipinski definition) is 1. The summed E-state index contributed by atoms with van der Waals surface area (Å²) in [5.41, 5.74) is 3.54. The zero-order valence-corrected chi connectivity index (χ0v) is 10.8. The van der Waals surface area contributed by atoms with Crippen molar-refractivity contribution in [3.8, 4) is 0 Å². The van der Waals surface area contributed by atoms with Gasteiger partial charge in [0.1, 0.15) is 0 Å². The highest BCUT2D eigenvalue weighted by molar-refractivity contribution is 5.77. The molecule has 2 aromatic rings. The van der Waals surface area contributed by atoms with Gasteiger partial charge in [0.25, 0.3) is 0 Å². The molecule has 18 heavy (non-hydrogen) atoms. The fourth-order valence-corrected chi connectivity index (χ4v) is 1.96. The molecule has 1 heteroatoms. The third kappa shape index (κ3) is 3.30. The van der Waals surface area contributed by atoms with Gasteiger partial charge in [0, 0.05) is 11.8 Å². The fraction of sp³-hybridized carbons (Fsp3) is 0.235. The second-order valence-corrected chi connectivity index (χ2v) is 4.34. The van der Waals surface area contributed by atoms with Crippen LogP contribution in [0.15, 0.2) is 60.8 Å². The van der Waals surface area contributed by atoms with E-state index in [9.17, 15) is 0 Å². The van der Waals surface area contributed by atoms with Gasteiger partial charge in [-0.15, -0.1) is 0 Å². The van der Waals surface area contributed by atoms with Crippen molar-refractivity contribution >= 4 is 5.57 Å². The quantitative estimate of drug-likeness (QED) is 0.687. The van der Waals surface area contributed by atoms with Crippen LogP contribution in [-0.4, -0.2) is 4.98 Å². The molecule has 92 valence electrons. The van der Waals surface area contributed by atoms with E-state index < -0.39 is 0 Å². The Bertz CT molecular complexity index is 444. The van der Waals surface area contributed by atoms with E-state index >= 15 is 0 Å². The minimum absolute atomic E-state index is 1.06. The highest BCUT2D eigenvalue weighted by Gasteiger charge is 2.04. The molecule has 0 fully saturated rings. The first-order valence-corrected chi connectivity index (χ1v) is 6.59. The van der Waals surface area contributed by atoms with Crippen LogP contribution in [0.1, 0.15) is 37.4 Å². The summed E-state index contributed by atoms with van der Waals surface area (Å²) in [7, 11) is 0. The van der Waals surface area contributed by atoms with Crippen molar-refractivity contribution in [3.63, 3.8) is 0 Å². The zero-order valence-electron chi connectivity index (χ0n) is 10.8. The molecular formula is C17H19N. The molecule has 0 N–H and O–H groups in total. The van der Waals surface area contributed by atoms with Gasteiger partial charge in [-0.1, -0.05) is 62.2 Å². The summed E-state index contributed by atoms with van der Waals surface area (Å²) < 4.78 is 0. The summed E-state index contributed by atoms with van der Waals surface area (Å²) in [6, 6.07) is 16.6. The van der Waals surface area contributed by atoms with E-state index in [2.05, 4.69) is 48.3 Å². The fourth-order valence-electron chi connectivity index (χ4n) is 1.96. The summed E-state index contributed by atoms with van der Waals surface area (Å²) in [5.74, 6) is 0. The van der Waals surface area contributed by atoms with Crippen LogP contribution in [0.3, 0.4) is 0 Å². The number of aromatic nitrogens is 1. The maximum Gasteiger partial charge on any atom is 0.0704 e. The molecule has 0 unspecified atom stereocenters. The van der Waals surface area contributed by atoms with Crippen molar-refractivity contribution in [2.75, 3.05) is 0 Å². The lowest BCUT2D eigenvalue weighted by Gasteiger charge is -2.07. The highest BCUT2D eigenvalue weighted by Crippen LogP contribution is 2.22. The molecule has 1 nitrogen and oxygen atoms in total. The van der Waals surface area contributed by atoms with Gasteiger partial charge >= 0.3 is 0 Å². The maximum absolute atomic E-state index is 4.47. The number of rotatable bonds is 5. The molecule has 0 aliphatic carbocycles. The molecule has 0 amide bonds. The molecule has 0 spiro atoms. The zero-order chi connectivity index (χ0) is 12.6. The van der Waals surface area contributed by atoms with Crippen LogP contribution in [0.5, 0.6) is 0 Å². The Morgan fingerprint density at radius 2 is 1.83 bits per heavy atom. The van der Waals surface area contributed by atoms with E-state index in [0.29, 0.717) is 0 Å². The lowest BCUT2D eigenvalue weighted by Crippen LogP contribution is -1.91. The summed E-state index contributed by atoms with van der Waals surface area (Å²) in [6.07, 6.45) is 7.72. The topological polar surface area (TPSA) is 12.9 Å². The molecular weight excluding hydrogens is 218 g/mol. The average Bonchev–Trinajstić information content (AvgIpc) is 2.46. The minimum Gasteiger partial charge on any atom is -0.256 e. The Kier molecular flexibility index (Phi) is 4.71. The Labute approximate surface area is 109 Å². The number of allylic oxidation sites excluding steroid dienone is 1. The van der Waals surface area contributed by atoms with Crippen molar-refractivity contribution < 1.29 is 0 Å². The van der Waals surface area contributed by atoms with E-state index in [4.69, 9.17) is 0 Å². The Morgan fingerprint density at radius 1 is 1.06 bits per heavy atom. The lowest BCUT2D eigenvalue weighted by molar-refractivity contribution is 0.815. The summed E-state index contributed by atoms with van der Waals surface area (Å²) in [6.45, 7) is 2.22. The maximum atomic E-state index is 4.47. The number of hydrogen-bond donors (Lipinski definition) is 0. The van der Waals surface area contributed by atoms with Crippen LogP contribution in [0, 0.1) is 0 Å². The summed E-state index contributed by atoms with van der Waals surface area (Å²) in [5, 5.41) is 0. The van der Waals surface area contributed by atoms with Crippen molar-refractivity contribution in [3.05, 3.63) is 72.1 Å². The Morgan fingerprint density at radius 3 is 2.50 bits per heavy atom. The summed E-state index contributed by atoms with van der Waals surface area (Å²) >= 11 is 0. The number of unbranched alkanes of at least 4 members (excludes halogenated alkanes) is 2. The number of benzene rings is 1. The van der Waals surface area contributed by atoms with Gasteiger partial charge in [-0.3, -0.25) is 4.98 Å². The molecule has 0 radical (unpaired) electrons. The molecule has 1 aromatic heterocycles. The highest BCUT2D eigenvalue weighted by atomic mass is 14.7. The number of pyridine rings is 1. The second kappa shape index (κ2) is 6.75. The van der Waals surface area contributed by atoms with Crippen LogP contribution in [0.2, 0.25) is 0 Å². The first kappa shape index (κ1) is 12.6. The number of nitrogens with zero attached hydrogens (tertiary/aromatic N) is 1. The van der Waals surface area contributed by atoms with Crippen LogP contribution in [-0.2, 0) is 0 Å². The molecule has 0 aliphatic heterocycles. The molecule has 2 rings (SSSR count). The lowest BCUT2D eigenvalue weighted by atomic mass is 10.0. The van der Waals surface area contributed by atoms with Gasteiger partial charge in [-0.05, 0) is 24.1 Å². The van der Waals surface area contributed by atoms with Gasteiger partial charge in [-0.2, -0.15) is 0 Å².